The second-order valence-electron chi connectivity index (χ2n) is 3.54. The SMILES string of the molecule is O=c1ccc2cc(C(F)(F)F)cc([N+](=O)[O-])c2[nH]1. The number of nitrogens with one attached hydrogen (secondary N) is 1. The number of hydrogen-bond acceptors (Lipinski definition) is 3. The number of non-ortho nitro benzene ring substituents is 1. The van der Waals surface area contributed by atoms with Gasteiger partial charge in [0.05, 0.1) is 10.5 Å². The molecule has 1 aromatic carbocycles. The van der Waals surface area contributed by atoms with Crippen molar-refractivity contribution in [2.75, 3.05) is 0 Å². The third-order valence-electron chi connectivity index (χ3n) is 2.33. The van der Waals surface area contributed by atoms with Crippen LogP contribution in [0.5, 0.6) is 0 Å². The monoisotopic (exact) mass is 258 g/mol. The Morgan fingerprint density at radius 2 is 1.89 bits per heavy atom. The Balaban J connectivity index is 2.87. The highest BCUT2D eigenvalue weighted by atomic mass is 19.4. The molecule has 1 N–H and O–H groups in total. The van der Waals surface area contributed by atoms with E-state index in [0.717, 1.165) is 18.2 Å². The van der Waals surface area contributed by atoms with Crippen molar-refractivity contribution >= 4 is 16.6 Å². The molecule has 0 radical (unpaired) electrons. The number of aromatic amines is 1. The summed E-state index contributed by atoms with van der Waals surface area (Å²) in [4.78, 5) is 23.0. The Hall–Kier alpha value is -2.38. The molecule has 94 valence electrons. The van der Waals surface area contributed by atoms with Gasteiger partial charge in [0.15, 0.2) is 0 Å². The van der Waals surface area contributed by atoms with Gasteiger partial charge < -0.3 is 4.98 Å². The molecule has 0 spiro atoms. The van der Waals surface area contributed by atoms with Gasteiger partial charge in [-0.2, -0.15) is 13.2 Å². The molecule has 0 saturated heterocycles. The molecular formula is C10H5F3N2O3. The van der Waals surface area contributed by atoms with E-state index in [1.807, 2.05) is 0 Å². The van der Waals surface area contributed by atoms with E-state index in [9.17, 15) is 28.1 Å². The standard InChI is InChI=1S/C10H5F3N2O3/c11-10(12,13)6-3-5-1-2-8(16)14-9(5)7(4-6)15(17)18/h1-4H,(H,14,16). The van der Waals surface area contributed by atoms with Crippen molar-refractivity contribution in [2.24, 2.45) is 0 Å². The van der Waals surface area contributed by atoms with E-state index in [1.54, 1.807) is 0 Å². The summed E-state index contributed by atoms with van der Waals surface area (Å²) in [6.07, 6.45) is -4.69. The van der Waals surface area contributed by atoms with E-state index in [-0.39, 0.29) is 10.9 Å². The van der Waals surface area contributed by atoms with Crippen LogP contribution in [0.2, 0.25) is 0 Å². The van der Waals surface area contributed by atoms with Crippen molar-refractivity contribution in [3.05, 3.63) is 50.3 Å². The van der Waals surface area contributed by atoms with Crippen molar-refractivity contribution in [2.45, 2.75) is 6.18 Å². The number of rotatable bonds is 1. The van der Waals surface area contributed by atoms with Crippen LogP contribution in [0.1, 0.15) is 5.56 Å². The molecule has 0 aliphatic heterocycles. The Morgan fingerprint density at radius 1 is 1.22 bits per heavy atom. The van der Waals surface area contributed by atoms with Crippen LogP contribution in [0.25, 0.3) is 10.9 Å². The summed E-state index contributed by atoms with van der Waals surface area (Å²) in [5.74, 6) is 0. The fourth-order valence-electron chi connectivity index (χ4n) is 1.55. The number of nitro groups is 1. The Bertz CT molecular complexity index is 691. The number of nitrogens with zero attached hydrogens (tertiary/aromatic N) is 1. The zero-order chi connectivity index (χ0) is 13.5. The Morgan fingerprint density at radius 3 is 2.44 bits per heavy atom. The Labute approximate surface area is 97.0 Å². The first-order valence-electron chi connectivity index (χ1n) is 4.68. The van der Waals surface area contributed by atoms with E-state index >= 15 is 0 Å². The lowest BCUT2D eigenvalue weighted by atomic mass is 10.1. The molecule has 0 fully saturated rings. The molecular weight excluding hydrogens is 253 g/mol. The highest BCUT2D eigenvalue weighted by Gasteiger charge is 2.33. The fraction of sp³-hybridized carbons (Fsp3) is 0.100. The van der Waals surface area contributed by atoms with Gasteiger partial charge in [-0.05, 0) is 12.1 Å². The summed E-state index contributed by atoms with van der Waals surface area (Å²) in [5.41, 5.74) is -2.75. The number of aromatic nitrogens is 1. The first kappa shape index (κ1) is 12.1. The lowest BCUT2D eigenvalue weighted by Crippen LogP contribution is -2.09. The van der Waals surface area contributed by atoms with Crippen LogP contribution in [-0.4, -0.2) is 9.91 Å². The lowest BCUT2D eigenvalue weighted by Gasteiger charge is -2.08. The lowest BCUT2D eigenvalue weighted by molar-refractivity contribution is -0.383. The second kappa shape index (κ2) is 3.83. The van der Waals surface area contributed by atoms with Crippen molar-refractivity contribution in [1.82, 2.24) is 4.98 Å². The number of alkyl halides is 3. The van der Waals surface area contributed by atoms with Gasteiger partial charge in [0.25, 0.3) is 5.69 Å². The van der Waals surface area contributed by atoms with Gasteiger partial charge in [-0.1, -0.05) is 0 Å². The van der Waals surface area contributed by atoms with Gasteiger partial charge in [-0.25, -0.2) is 0 Å². The number of halogens is 3. The number of pyridine rings is 1. The maximum absolute atomic E-state index is 12.5. The molecule has 2 aromatic rings. The molecule has 2 rings (SSSR count). The summed E-state index contributed by atoms with van der Waals surface area (Å²) < 4.78 is 37.6. The largest absolute Gasteiger partial charge is 0.416 e. The van der Waals surface area contributed by atoms with Crippen molar-refractivity contribution in [3.63, 3.8) is 0 Å². The number of hydrogen-bond donors (Lipinski definition) is 1. The van der Waals surface area contributed by atoms with Gasteiger partial charge >= 0.3 is 6.18 Å². The normalized spacial score (nSPS) is 11.7. The highest BCUT2D eigenvalue weighted by Crippen LogP contribution is 2.34. The number of benzene rings is 1. The maximum Gasteiger partial charge on any atom is 0.416 e. The molecule has 18 heavy (non-hydrogen) atoms. The first-order chi connectivity index (χ1) is 8.29. The predicted molar refractivity (Wildman–Crippen MR) is 56.2 cm³/mol. The smallest absolute Gasteiger partial charge is 0.316 e. The van der Waals surface area contributed by atoms with Crippen LogP contribution >= 0.6 is 0 Å². The average Bonchev–Trinajstić information content (AvgIpc) is 2.25. The Kier molecular flexibility index (Phi) is 2.57. The van der Waals surface area contributed by atoms with Crippen LogP contribution in [-0.2, 0) is 6.18 Å². The van der Waals surface area contributed by atoms with Gasteiger partial charge in [-0.15, -0.1) is 0 Å². The molecule has 0 bridgehead atoms. The van der Waals surface area contributed by atoms with E-state index < -0.39 is 27.9 Å². The van der Waals surface area contributed by atoms with Crippen LogP contribution in [0.3, 0.4) is 0 Å². The third-order valence-corrected chi connectivity index (χ3v) is 2.33. The minimum Gasteiger partial charge on any atom is -0.316 e. The molecule has 0 unspecified atom stereocenters. The summed E-state index contributed by atoms with van der Waals surface area (Å²) in [7, 11) is 0. The fourth-order valence-corrected chi connectivity index (χ4v) is 1.55. The zero-order valence-corrected chi connectivity index (χ0v) is 8.62. The summed E-state index contributed by atoms with van der Waals surface area (Å²) in [6, 6.07) is 3.26. The first-order valence-corrected chi connectivity index (χ1v) is 4.68. The summed E-state index contributed by atoms with van der Waals surface area (Å²) in [5, 5.41) is 10.7. The molecule has 1 heterocycles. The van der Waals surface area contributed by atoms with E-state index in [2.05, 4.69) is 4.98 Å². The molecule has 0 amide bonds. The van der Waals surface area contributed by atoms with E-state index in [4.69, 9.17) is 0 Å². The molecule has 0 saturated carbocycles. The van der Waals surface area contributed by atoms with Gasteiger partial charge in [-0.3, -0.25) is 14.9 Å². The predicted octanol–water partition coefficient (Wildman–Crippen LogP) is 2.46. The molecule has 8 heteroatoms. The highest BCUT2D eigenvalue weighted by molar-refractivity contribution is 5.87. The maximum atomic E-state index is 12.5. The van der Waals surface area contributed by atoms with E-state index in [0.29, 0.717) is 6.07 Å². The minimum atomic E-state index is -4.69. The zero-order valence-electron chi connectivity index (χ0n) is 8.62. The number of H-pyrrole nitrogens is 1. The second-order valence-corrected chi connectivity index (χ2v) is 3.54. The van der Waals surface area contributed by atoms with Crippen molar-refractivity contribution in [3.8, 4) is 0 Å². The minimum absolute atomic E-state index is 0.0453. The molecule has 0 aliphatic carbocycles. The van der Waals surface area contributed by atoms with Crippen LogP contribution in [0.4, 0.5) is 18.9 Å². The average molecular weight is 258 g/mol. The topological polar surface area (TPSA) is 76.0 Å². The molecule has 0 atom stereocenters. The van der Waals surface area contributed by atoms with E-state index in [1.165, 1.54) is 0 Å². The molecule has 1 aromatic heterocycles. The number of fused-ring (bicyclic) bond motifs is 1. The van der Waals surface area contributed by atoms with Gasteiger partial charge in [0, 0.05) is 17.5 Å². The van der Waals surface area contributed by atoms with Gasteiger partial charge in [0.1, 0.15) is 5.52 Å². The van der Waals surface area contributed by atoms with Crippen molar-refractivity contribution < 1.29 is 18.1 Å². The van der Waals surface area contributed by atoms with Crippen LogP contribution < -0.4 is 5.56 Å². The molecule has 0 aliphatic rings. The number of nitro benzene ring substituents is 1. The van der Waals surface area contributed by atoms with Crippen LogP contribution in [0.15, 0.2) is 29.1 Å². The molecule has 5 nitrogen and oxygen atoms in total. The summed E-state index contributed by atoms with van der Waals surface area (Å²) in [6.45, 7) is 0. The quantitative estimate of drug-likeness (QED) is 0.630. The summed E-state index contributed by atoms with van der Waals surface area (Å²) >= 11 is 0. The van der Waals surface area contributed by atoms with Crippen molar-refractivity contribution in [1.29, 1.82) is 0 Å². The third kappa shape index (κ3) is 2.04. The van der Waals surface area contributed by atoms with Crippen LogP contribution in [0, 0.1) is 10.1 Å². The van der Waals surface area contributed by atoms with Gasteiger partial charge in [0.2, 0.25) is 5.56 Å².